The Labute approximate surface area is 84.4 Å². The molecule has 1 unspecified atom stereocenters. The molecule has 0 aliphatic rings. The van der Waals surface area contributed by atoms with E-state index in [2.05, 4.69) is 5.16 Å². The summed E-state index contributed by atoms with van der Waals surface area (Å²) in [6, 6.07) is 0. The predicted molar refractivity (Wildman–Crippen MR) is 57.1 cm³/mol. The van der Waals surface area contributed by atoms with E-state index in [1.165, 1.54) is 0 Å². The topological polar surface area (TPSA) is 95.9 Å². The summed E-state index contributed by atoms with van der Waals surface area (Å²) < 4.78 is 11.5. The molecule has 0 fully saturated rings. The van der Waals surface area contributed by atoms with Gasteiger partial charge in [0.1, 0.15) is 5.84 Å². The number of nitrogens with two attached hydrogens (primary N) is 1. The summed E-state index contributed by atoms with van der Waals surface area (Å²) in [5.74, 6) is 0.00904. The first-order valence-electron chi connectivity index (χ1n) is 4.79. The molecule has 0 saturated heterocycles. The van der Waals surface area contributed by atoms with Gasteiger partial charge < -0.3 is 15.8 Å². The summed E-state index contributed by atoms with van der Waals surface area (Å²) in [6.45, 7) is 2.04. The van der Waals surface area contributed by atoms with E-state index in [1.54, 1.807) is 0 Å². The van der Waals surface area contributed by atoms with E-state index >= 15 is 0 Å². The van der Waals surface area contributed by atoms with Crippen LogP contribution in [0.25, 0.3) is 0 Å². The van der Waals surface area contributed by atoms with Gasteiger partial charge in [-0.2, -0.15) is 0 Å². The molecule has 0 bridgehead atoms. The van der Waals surface area contributed by atoms with Crippen LogP contribution >= 0.6 is 7.37 Å². The predicted octanol–water partition coefficient (Wildman–Crippen LogP) is 1.58. The van der Waals surface area contributed by atoms with Crippen LogP contribution in [0.2, 0.25) is 0 Å². The third-order valence-electron chi connectivity index (χ3n) is 1.96. The van der Waals surface area contributed by atoms with E-state index in [0.717, 1.165) is 19.3 Å². The van der Waals surface area contributed by atoms with Gasteiger partial charge in [-0.15, -0.1) is 0 Å². The highest BCUT2D eigenvalue weighted by Gasteiger charge is 2.17. The lowest BCUT2D eigenvalue weighted by Crippen LogP contribution is -2.13. The van der Waals surface area contributed by atoms with Crippen LogP contribution < -0.4 is 5.73 Å². The van der Waals surface area contributed by atoms with Crippen LogP contribution in [0.3, 0.4) is 0 Å². The highest BCUT2D eigenvalue weighted by molar-refractivity contribution is 7.58. The number of unbranched alkanes of at least 4 members (excludes halogenated alkanes) is 2. The molecule has 0 radical (unpaired) electrons. The summed E-state index contributed by atoms with van der Waals surface area (Å²) in [5.41, 5.74) is 5.20. The maximum atomic E-state index is 11.5. The zero-order valence-electron chi connectivity index (χ0n) is 8.52. The van der Waals surface area contributed by atoms with Crippen molar-refractivity contribution >= 4 is 13.2 Å². The Morgan fingerprint density at radius 2 is 2.07 bits per heavy atom. The van der Waals surface area contributed by atoms with Crippen LogP contribution in [0, 0.1) is 0 Å². The lowest BCUT2D eigenvalue weighted by atomic mass is 10.3. The van der Waals surface area contributed by atoms with E-state index < -0.39 is 7.37 Å². The molecule has 14 heavy (non-hydrogen) atoms. The molecule has 0 spiro atoms. The molecule has 6 heteroatoms. The van der Waals surface area contributed by atoms with E-state index in [9.17, 15) is 9.46 Å². The van der Waals surface area contributed by atoms with Gasteiger partial charge in [-0.05, 0) is 6.42 Å². The van der Waals surface area contributed by atoms with Gasteiger partial charge in [0.25, 0.3) is 0 Å². The minimum absolute atomic E-state index is 0.00904. The smallest absolute Gasteiger partial charge is 0.201 e. The van der Waals surface area contributed by atoms with Gasteiger partial charge in [-0.25, -0.2) is 0 Å². The number of hydrogen-bond acceptors (Lipinski definition) is 3. The molecular formula is C8H19N2O3P. The third kappa shape index (κ3) is 6.92. The van der Waals surface area contributed by atoms with Crippen molar-refractivity contribution in [3.63, 3.8) is 0 Å². The van der Waals surface area contributed by atoms with Crippen LogP contribution in [-0.4, -0.2) is 28.3 Å². The molecule has 0 saturated carbocycles. The van der Waals surface area contributed by atoms with Crippen LogP contribution in [0.4, 0.5) is 0 Å². The standard InChI is InChI=1S/C8H19N2O3P/c1-2-3-4-6-14(12,13)7-5-8(9)10-11/h11H,2-7H2,1H3,(H2,9,10)(H,12,13). The molecule has 4 N–H and O–H groups in total. The minimum Gasteiger partial charge on any atom is -0.409 e. The minimum atomic E-state index is -3.06. The molecule has 0 aromatic heterocycles. The van der Waals surface area contributed by atoms with Crippen molar-refractivity contribution in [2.75, 3.05) is 12.3 Å². The lowest BCUT2D eigenvalue weighted by Gasteiger charge is -2.10. The van der Waals surface area contributed by atoms with Crippen LogP contribution in [-0.2, 0) is 4.57 Å². The summed E-state index contributed by atoms with van der Waals surface area (Å²) in [6.07, 6.45) is 3.37. The zero-order valence-corrected chi connectivity index (χ0v) is 9.41. The molecule has 1 atom stereocenters. The highest BCUT2D eigenvalue weighted by atomic mass is 31.2. The largest absolute Gasteiger partial charge is 0.409 e. The Morgan fingerprint density at radius 3 is 2.57 bits per heavy atom. The maximum absolute atomic E-state index is 11.5. The van der Waals surface area contributed by atoms with Crippen molar-refractivity contribution in [2.24, 2.45) is 10.9 Å². The molecule has 0 amide bonds. The molecule has 0 aliphatic heterocycles. The molecule has 0 heterocycles. The van der Waals surface area contributed by atoms with Gasteiger partial charge in [0.15, 0.2) is 0 Å². The monoisotopic (exact) mass is 222 g/mol. The van der Waals surface area contributed by atoms with Crippen molar-refractivity contribution in [1.82, 2.24) is 0 Å². The van der Waals surface area contributed by atoms with Gasteiger partial charge in [0.2, 0.25) is 7.37 Å². The fourth-order valence-corrected chi connectivity index (χ4v) is 2.58. The van der Waals surface area contributed by atoms with E-state index in [0.29, 0.717) is 6.16 Å². The lowest BCUT2D eigenvalue weighted by molar-refractivity contribution is 0.317. The second-order valence-corrected chi connectivity index (χ2v) is 5.93. The molecule has 0 aromatic rings. The Morgan fingerprint density at radius 1 is 1.43 bits per heavy atom. The normalized spacial score (nSPS) is 16.6. The van der Waals surface area contributed by atoms with Crippen molar-refractivity contribution in [2.45, 2.75) is 32.6 Å². The van der Waals surface area contributed by atoms with Gasteiger partial charge >= 0.3 is 0 Å². The molecule has 5 nitrogen and oxygen atoms in total. The van der Waals surface area contributed by atoms with Crippen molar-refractivity contribution in [1.29, 1.82) is 0 Å². The van der Waals surface area contributed by atoms with Crippen molar-refractivity contribution < 1.29 is 14.7 Å². The summed E-state index contributed by atoms with van der Waals surface area (Å²) in [4.78, 5) is 9.45. The Bertz CT molecular complexity index is 231. The first-order valence-corrected chi connectivity index (χ1v) is 6.82. The fourth-order valence-electron chi connectivity index (χ4n) is 1.06. The maximum Gasteiger partial charge on any atom is 0.201 e. The number of nitrogens with zero attached hydrogens (tertiary/aromatic N) is 1. The van der Waals surface area contributed by atoms with E-state index in [1.807, 2.05) is 6.92 Å². The summed E-state index contributed by atoms with van der Waals surface area (Å²) >= 11 is 0. The first kappa shape index (κ1) is 13.5. The second-order valence-electron chi connectivity index (χ2n) is 3.34. The van der Waals surface area contributed by atoms with Crippen molar-refractivity contribution in [3.05, 3.63) is 0 Å². The van der Waals surface area contributed by atoms with Crippen LogP contribution in [0.5, 0.6) is 0 Å². The summed E-state index contributed by atoms with van der Waals surface area (Å²) in [7, 11) is -3.06. The number of amidine groups is 1. The van der Waals surface area contributed by atoms with Crippen molar-refractivity contribution in [3.8, 4) is 0 Å². The molecule has 84 valence electrons. The molecule has 0 aromatic carbocycles. The van der Waals surface area contributed by atoms with E-state index in [-0.39, 0.29) is 18.4 Å². The molecule has 0 rings (SSSR count). The van der Waals surface area contributed by atoms with Gasteiger partial charge in [0.05, 0.1) is 0 Å². The van der Waals surface area contributed by atoms with Gasteiger partial charge in [-0.1, -0.05) is 24.9 Å². The Hall–Kier alpha value is -0.540. The average Bonchev–Trinajstić information content (AvgIpc) is 2.14. The quantitative estimate of drug-likeness (QED) is 0.152. The average molecular weight is 222 g/mol. The van der Waals surface area contributed by atoms with Gasteiger partial charge in [-0.3, -0.25) is 4.57 Å². The van der Waals surface area contributed by atoms with Gasteiger partial charge in [0, 0.05) is 18.7 Å². The third-order valence-corrected chi connectivity index (χ3v) is 3.89. The summed E-state index contributed by atoms with van der Waals surface area (Å²) in [5, 5.41) is 11.0. The number of rotatable bonds is 7. The first-order chi connectivity index (χ1) is 6.52. The molecular weight excluding hydrogens is 203 g/mol. The zero-order chi connectivity index (χ0) is 11.0. The highest BCUT2D eigenvalue weighted by Crippen LogP contribution is 2.41. The van der Waals surface area contributed by atoms with Crippen LogP contribution in [0.1, 0.15) is 32.6 Å². The molecule has 0 aliphatic carbocycles. The second kappa shape index (κ2) is 6.85. The SMILES string of the molecule is CCCCCP(=O)(O)CCC(N)=NO. The fraction of sp³-hybridized carbons (Fsp3) is 0.875. The number of oxime groups is 1. The number of hydrogen-bond donors (Lipinski definition) is 3. The Balaban J connectivity index is 3.78. The van der Waals surface area contributed by atoms with Crippen LogP contribution in [0.15, 0.2) is 5.16 Å². The van der Waals surface area contributed by atoms with E-state index in [4.69, 9.17) is 10.9 Å². The Kier molecular flexibility index (Phi) is 6.58.